The van der Waals surface area contributed by atoms with Crippen molar-refractivity contribution in [1.82, 2.24) is 19.1 Å². The first-order valence-corrected chi connectivity index (χ1v) is 21.1. The monoisotopic (exact) mass is 790 g/mol. The molecule has 4 heteroatoms. The summed E-state index contributed by atoms with van der Waals surface area (Å²) in [5.74, 6) is 0.700. The van der Waals surface area contributed by atoms with Crippen LogP contribution >= 0.6 is 0 Å². The van der Waals surface area contributed by atoms with Gasteiger partial charge in [-0.2, -0.15) is 0 Å². The highest BCUT2D eigenvalue weighted by atomic mass is 15.1. The Kier molecular flexibility index (Phi) is 8.46. The Balaban J connectivity index is 0.984. The van der Waals surface area contributed by atoms with Crippen LogP contribution in [0.2, 0.25) is 0 Å². The molecule has 3 aromatic heterocycles. The summed E-state index contributed by atoms with van der Waals surface area (Å²) in [6, 6.07) is 82.2. The SMILES string of the molecule is c1ccc(-c2nc(-c3ccccc3)c3c4cc(-c5cccc(-c6cccc(-c7ccc8c(c7)c7ccccc7n8-c7ccccc7)c6)c5)ccc4n(-c4ccccc4)c3n2)cc1. The number of fused-ring (bicyclic) bond motifs is 6. The van der Waals surface area contributed by atoms with Gasteiger partial charge in [-0.15, -0.1) is 0 Å². The van der Waals surface area contributed by atoms with Gasteiger partial charge in [0.2, 0.25) is 0 Å². The van der Waals surface area contributed by atoms with Gasteiger partial charge in [0, 0.05) is 38.7 Å². The van der Waals surface area contributed by atoms with E-state index < -0.39 is 0 Å². The molecule has 12 rings (SSSR count). The smallest absolute Gasteiger partial charge is 0.162 e. The number of aromatic nitrogens is 4. The van der Waals surface area contributed by atoms with Crippen LogP contribution in [0.15, 0.2) is 231 Å². The van der Waals surface area contributed by atoms with Crippen LogP contribution in [-0.4, -0.2) is 19.1 Å². The molecule has 0 fully saturated rings. The number of rotatable bonds is 7. The van der Waals surface area contributed by atoms with Crippen LogP contribution in [0.25, 0.3) is 111 Å². The van der Waals surface area contributed by atoms with Crippen LogP contribution in [0.1, 0.15) is 0 Å². The molecule has 4 nitrogen and oxygen atoms in total. The fraction of sp³-hybridized carbons (Fsp3) is 0. The maximum Gasteiger partial charge on any atom is 0.162 e. The molecule has 0 radical (unpaired) electrons. The van der Waals surface area contributed by atoms with Gasteiger partial charge in [0.15, 0.2) is 5.82 Å². The zero-order chi connectivity index (χ0) is 41.0. The Hall–Kier alpha value is -8.34. The van der Waals surface area contributed by atoms with Gasteiger partial charge in [0.1, 0.15) is 5.65 Å². The lowest BCUT2D eigenvalue weighted by molar-refractivity contribution is 1.11. The lowest BCUT2D eigenvalue weighted by Crippen LogP contribution is -1.99. The molecule has 3 heterocycles. The van der Waals surface area contributed by atoms with Crippen molar-refractivity contribution in [1.29, 1.82) is 0 Å². The summed E-state index contributed by atoms with van der Waals surface area (Å²) in [6.45, 7) is 0. The van der Waals surface area contributed by atoms with Crippen molar-refractivity contribution < 1.29 is 0 Å². The van der Waals surface area contributed by atoms with Gasteiger partial charge in [0.25, 0.3) is 0 Å². The summed E-state index contributed by atoms with van der Waals surface area (Å²) >= 11 is 0. The number of para-hydroxylation sites is 3. The average Bonchev–Trinajstić information content (AvgIpc) is 3.87. The molecule has 0 unspecified atom stereocenters. The summed E-state index contributed by atoms with van der Waals surface area (Å²) in [6.07, 6.45) is 0. The lowest BCUT2D eigenvalue weighted by Gasteiger charge is -2.10. The molecular weight excluding hydrogens is 753 g/mol. The van der Waals surface area contributed by atoms with Gasteiger partial charge in [-0.05, 0) is 100 Å². The third-order valence-electron chi connectivity index (χ3n) is 12.1. The zero-order valence-electron chi connectivity index (χ0n) is 33.7. The van der Waals surface area contributed by atoms with Crippen LogP contribution in [0, 0.1) is 0 Å². The Morgan fingerprint density at radius 2 is 0.710 bits per heavy atom. The third kappa shape index (κ3) is 6.00. The molecule has 0 atom stereocenters. The van der Waals surface area contributed by atoms with Gasteiger partial charge >= 0.3 is 0 Å². The topological polar surface area (TPSA) is 35.6 Å². The average molecular weight is 791 g/mol. The maximum absolute atomic E-state index is 5.33. The van der Waals surface area contributed by atoms with Crippen LogP contribution in [-0.2, 0) is 0 Å². The predicted molar refractivity (Wildman–Crippen MR) is 258 cm³/mol. The maximum atomic E-state index is 5.33. The molecule has 0 aliphatic carbocycles. The highest BCUT2D eigenvalue weighted by Crippen LogP contribution is 2.41. The Morgan fingerprint density at radius 1 is 0.274 bits per heavy atom. The summed E-state index contributed by atoms with van der Waals surface area (Å²) in [5, 5.41) is 4.64. The summed E-state index contributed by atoms with van der Waals surface area (Å²) in [5.41, 5.74) is 16.5. The number of benzene rings is 9. The van der Waals surface area contributed by atoms with Gasteiger partial charge in [0.05, 0.1) is 27.6 Å². The fourth-order valence-corrected chi connectivity index (χ4v) is 9.21. The third-order valence-corrected chi connectivity index (χ3v) is 12.1. The number of nitrogens with zero attached hydrogens (tertiary/aromatic N) is 4. The largest absolute Gasteiger partial charge is 0.309 e. The number of hydrogen-bond donors (Lipinski definition) is 0. The Bertz CT molecular complexity index is 3610. The normalized spacial score (nSPS) is 11.5. The van der Waals surface area contributed by atoms with E-state index >= 15 is 0 Å². The van der Waals surface area contributed by atoms with Crippen LogP contribution < -0.4 is 0 Å². The van der Waals surface area contributed by atoms with Crippen LogP contribution in [0.5, 0.6) is 0 Å². The zero-order valence-corrected chi connectivity index (χ0v) is 33.7. The van der Waals surface area contributed by atoms with E-state index in [1.54, 1.807) is 0 Å². The van der Waals surface area contributed by atoms with Crippen LogP contribution in [0.3, 0.4) is 0 Å². The Morgan fingerprint density at radius 3 is 1.31 bits per heavy atom. The number of hydrogen-bond acceptors (Lipinski definition) is 2. The van der Waals surface area contributed by atoms with E-state index in [9.17, 15) is 0 Å². The molecule has 0 aliphatic rings. The van der Waals surface area contributed by atoms with E-state index in [2.05, 4.69) is 221 Å². The summed E-state index contributed by atoms with van der Waals surface area (Å²) in [7, 11) is 0. The quantitative estimate of drug-likeness (QED) is 0.161. The first kappa shape index (κ1) is 35.6. The van der Waals surface area contributed by atoms with Crippen LogP contribution in [0.4, 0.5) is 0 Å². The second-order valence-electron chi connectivity index (χ2n) is 15.8. The molecule has 0 aliphatic heterocycles. The molecule has 0 saturated carbocycles. The standard InChI is InChI=1S/C58H38N4/c1-5-17-39(18-6-1)56-55-51-38-46(32-34-54(51)62(48-27-11-4-12-28-48)58(55)60-57(59-56)40-19-7-2-8-20-40)44-24-16-22-42(36-44)41-21-15-23-43(35-41)45-31-33-53-50(37-45)49-29-13-14-30-52(49)61(53)47-25-9-3-10-26-47/h1-38H. The van der Waals surface area contributed by atoms with E-state index in [1.807, 2.05) is 18.2 Å². The molecule has 0 amide bonds. The van der Waals surface area contributed by atoms with Crippen molar-refractivity contribution in [3.63, 3.8) is 0 Å². The van der Waals surface area contributed by atoms with E-state index in [0.717, 1.165) is 61.3 Å². The van der Waals surface area contributed by atoms with Crippen molar-refractivity contribution in [3.8, 4) is 67.4 Å². The van der Waals surface area contributed by atoms with Crippen molar-refractivity contribution in [2.45, 2.75) is 0 Å². The van der Waals surface area contributed by atoms with Crippen molar-refractivity contribution >= 4 is 43.7 Å². The highest BCUT2D eigenvalue weighted by Gasteiger charge is 2.22. The minimum Gasteiger partial charge on any atom is -0.309 e. The molecule has 9 aromatic carbocycles. The molecule has 0 saturated heterocycles. The molecule has 290 valence electrons. The first-order valence-electron chi connectivity index (χ1n) is 21.1. The highest BCUT2D eigenvalue weighted by molar-refractivity contribution is 6.15. The van der Waals surface area contributed by atoms with E-state index in [1.165, 1.54) is 44.1 Å². The molecule has 0 spiro atoms. The van der Waals surface area contributed by atoms with E-state index in [0.29, 0.717) is 5.82 Å². The van der Waals surface area contributed by atoms with Crippen molar-refractivity contribution in [2.24, 2.45) is 0 Å². The first-order chi connectivity index (χ1) is 30.7. The fourth-order valence-electron chi connectivity index (χ4n) is 9.21. The van der Waals surface area contributed by atoms with Crippen molar-refractivity contribution in [2.75, 3.05) is 0 Å². The molecule has 0 bridgehead atoms. The second kappa shape index (κ2) is 14.7. The minimum atomic E-state index is 0.700. The molecule has 12 aromatic rings. The summed E-state index contributed by atoms with van der Waals surface area (Å²) < 4.78 is 4.65. The molecular formula is C58H38N4. The minimum absolute atomic E-state index is 0.700. The second-order valence-corrected chi connectivity index (χ2v) is 15.8. The van der Waals surface area contributed by atoms with E-state index in [-0.39, 0.29) is 0 Å². The van der Waals surface area contributed by atoms with Gasteiger partial charge < -0.3 is 4.57 Å². The van der Waals surface area contributed by atoms with Gasteiger partial charge in [-0.3, -0.25) is 4.57 Å². The van der Waals surface area contributed by atoms with Gasteiger partial charge in [-0.25, -0.2) is 9.97 Å². The predicted octanol–water partition coefficient (Wildman–Crippen LogP) is 15.0. The Labute approximate surface area is 359 Å². The van der Waals surface area contributed by atoms with Gasteiger partial charge in [-0.1, -0.05) is 164 Å². The summed E-state index contributed by atoms with van der Waals surface area (Å²) in [4.78, 5) is 10.6. The van der Waals surface area contributed by atoms with E-state index in [4.69, 9.17) is 9.97 Å². The molecule has 0 N–H and O–H groups in total. The van der Waals surface area contributed by atoms with Crippen molar-refractivity contribution in [3.05, 3.63) is 231 Å². The molecule has 62 heavy (non-hydrogen) atoms. The lowest BCUT2D eigenvalue weighted by atomic mass is 9.95.